The van der Waals surface area contributed by atoms with Crippen molar-refractivity contribution in [1.82, 2.24) is 4.98 Å². The van der Waals surface area contributed by atoms with Gasteiger partial charge in [-0.05, 0) is 68.4 Å². The van der Waals surface area contributed by atoms with Crippen LogP contribution in [0.1, 0.15) is 24.2 Å². The molecule has 0 spiro atoms. The zero-order valence-corrected chi connectivity index (χ0v) is 20.5. The van der Waals surface area contributed by atoms with Gasteiger partial charge in [-0.15, -0.1) is 0 Å². The molecule has 0 aliphatic heterocycles. The minimum Gasteiger partial charge on any atom is -0.493 e. The first-order chi connectivity index (χ1) is 17.0. The van der Waals surface area contributed by atoms with Crippen LogP contribution in [0.15, 0.2) is 59.0 Å². The van der Waals surface area contributed by atoms with Crippen molar-refractivity contribution in [2.45, 2.75) is 13.8 Å². The van der Waals surface area contributed by atoms with Crippen LogP contribution in [0, 0.1) is 0 Å². The van der Waals surface area contributed by atoms with Crippen LogP contribution in [-0.2, 0) is 0 Å². The minimum atomic E-state index is -0.320. The first-order valence-electron chi connectivity index (χ1n) is 11.4. The number of aromatic nitrogens is 1. The maximum atomic E-state index is 12.9. The van der Waals surface area contributed by atoms with Gasteiger partial charge in [-0.3, -0.25) is 4.79 Å². The van der Waals surface area contributed by atoms with Crippen molar-refractivity contribution in [3.63, 3.8) is 0 Å². The van der Waals surface area contributed by atoms with Crippen LogP contribution in [0.5, 0.6) is 17.2 Å². The first kappa shape index (κ1) is 23.9. The Bertz CT molecular complexity index is 1300. The van der Waals surface area contributed by atoms with Crippen molar-refractivity contribution in [2.75, 3.05) is 44.6 Å². The SMILES string of the molecule is CCN(CC)c1ccc(-c2nc3cc(NC(=O)c4cc(OC)c(OC)c(OC)c4)ccc3o2)cc1. The quantitative estimate of drug-likeness (QED) is 0.336. The van der Waals surface area contributed by atoms with Crippen molar-refractivity contribution in [3.8, 4) is 28.7 Å². The number of carbonyl (C=O) groups is 1. The Kier molecular flexibility index (Phi) is 7.10. The van der Waals surface area contributed by atoms with E-state index in [4.69, 9.17) is 18.6 Å². The molecule has 1 amide bonds. The fourth-order valence-corrected chi connectivity index (χ4v) is 3.95. The summed E-state index contributed by atoms with van der Waals surface area (Å²) in [6.07, 6.45) is 0. The average Bonchev–Trinajstić information content (AvgIpc) is 3.32. The number of amides is 1. The van der Waals surface area contributed by atoms with Gasteiger partial charge in [0.1, 0.15) is 5.52 Å². The topological polar surface area (TPSA) is 86.1 Å². The van der Waals surface area contributed by atoms with Gasteiger partial charge in [0.05, 0.1) is 21.3 Å². The van der Waals surface area contributed by atoms with E-state index in [1.165, 1.54) is 21.3 Å². The van der Waals surface area contributed by atoms with E-state index in [-0.39, 0.29) is 5.91 Å². The molecule has 1 aromatic heterocycles. The van der Waals surface area contributed by atoms with Crippen LogP contribution in [-0.4, -0.2) is 45.3 Å². The molecule has 1 N–H and O–H groups in total. The van der Waals surface area contributed by atoms with E-state index in [1.807, 2.05) is 12.1 Å². The summed E-state index contributed by atoms with van der Waals surface area (Å²) in [6.45, 7) is 6.17. The van der Waals surface area contributed by atoms with E-state index in [0.29, 0.717) is 45.5 Å². The lowest BCUT2D eigenvalue weighted by Gasteiger charge is -2.20. The lowest BCUT2D eigenvalue weighted by atomic mass is 10.1. The molecule has 1 heterocycles. The van der Waals surface area contributed by atoms with Crippen LogP contribution in [0.25, 0.3) is 22.6 Å². The molecule has 0 aliphatic rings. The third-order valence-electron chi connectivity index (χ3n) is 5.82. The number of oxazole rings is 1. The Labute approximate surface area is 204 Å². The van der Waals surface area contributed by atoms with Crippen LogP contribution in [0.3, 0.4) is 0 Å². The normalized spacial score (nSPS) is 10.8. The van der Waals surface area contributed by atoms with Crippen LogP contribution in [0.4, 0.5) is 11.4 Å². The first-order valence-corrected chi connectivity index (χ1v) is 11.4. The van der Waals surface area contributed by atoms with Crippen molar-refractivity contribution in [3.05, 3.63) is 60.2 Å². The molecule has 0 atom stereocenters. The van der Waals surface area contributed by atoms with Crippen LogP contribution in [0.2, 0.25) is 0 Å². The smallest absolute Gasteiger partial charge is 0.255 e. The van der Waals surface area contributed by atoms with Gasteiger partial charge in [-0.2, -0.15) is 0 Å². The lowest BCUT2D eigenvalue weighted by molar-refractivity contribution is 0.102. The number of hydrogen-bond donors (Lipinski definition) is 1. The summed E-state index contributed by atoms with van der Waals surface area (Å²) in [5.41, 5.74) is 4.29. The van der Waals surface area contributed by atoms with Gasteiger partial charge in [0, 0.05) is 35.6 Å². The Balaban J connectivity index is 1.57. The van der Waals surface area contributed by atoms with E-state index >= 15 is 0 Å². The third-order valence-corrected chi connectivity index (χ3v) is 5.82. The highest BCUT2D eigenvalue weighted by Crippen LogP contribution is 2.38. The highest BCUT2D eigenvalue weighted by atomic mass is 16.5. The number of benzene rings is 3. The summed E-state index contributed by atoms with van der Waals surface area (Å²) in [4.78, 5) is 19.8. The number of carbonyl (C=O) groups excluding carboxylic acids is 1. The van der Waals surface area contributed by atoms with Gasteiger partial charge >= 0.3 is 0 Å². The summed E-state index contributed by atoms with van der Waals surface area (Å²) >= 11 is 0. The molecular formula is C27H29N3O5. The summed E-state index contributed by atoms with van der Waals surface area (Å²) < 4.78 is 22.0. The Hall–Kier alpha value is -4.20. The van der Waals surface area contributed by atoms with E-state index < -0.39 is 0 Å². The van der Waals surface area contributed by atoms with Gasteiger partial charge in [0.2, 0.25) is 11.6 Å². The highest BCUT2D eigenvalue weighted by molar-refractivity contribution is 6.05. The predicted octanol–water partition coefficient (Wildman–Crippen LogP) is 5.62. The second-order valence-electron chi connectivity index (χ2n) is 7.79. The van der Waals surface area contributed by atoms with Gasteiger partial charge in [0.25, 0.3) is 5.91 Å². The predicted molar refractivity (Wildman–Crippen MR) is 137 cm³/mol. The molecule has 0 aliphatic carbocycles. The molecule has 3 aromatic carbocycles. The monoisotopic (exact) mass is 475 g/mol. The summed E-state index contributed by atoms with van der Waals surface area (Å²) in [5, 5.41) is 2.89. The molecule has 8 heteroatoms. The van der Waals surface area contributed by atoms with E-state index in [1.54, 1.807) is 30.3 Å². The number of methoxy groups -OCH3 is 3. The molecule has 0 unspecified atom stereocenters. The molecule has 4 rings (SSSR count). The molecule has 0 bridgehead atoms. The number of fused-ring (bicyclic) bond motifs is 1. The Morgan fingerprint density at radius 1 is 0.914 bits per heavy atom. The number of ether oxygens (including phenoxy) is 3. The summed E-state index contributed by atoms with van der Waals surface area (Å²) in [5.74, 6) is 1.44. The van der Waals surface area contributed by atoms with Crippen molar-refractivity contribution in [2.24, 2.45) is 0 Å². The second kappa shape index (κ2) is 10.4. The van der Waals surface area contributed by atoms with Gasteiger partial charge in [-0.1, -0.05) is 0 Å². The molecule has 35 heavy (non-hydrogen) atoms. The molecule has 8 nitrogen and oxygen atoms in total. The standard InChI is InChI=1S/C27H29N3O5/c1-6-30(7-2)20-11-8-17(9-12-20)27-29-21-16-19(10-13-22(21)35-27)28-26(31)18-14-23(32-3)25(34-5)24(15-18)33-4/h8-16H,6-7H2,1-5H3,(H,28,31). The number of nitrogens with one attached hydrogen (secondary N) is 1. The fraction of sp³-hybridized carbons (Fsp3) is 0.259. The molecule has 0 fully saturated rings. The fourth-order valence-electron chi connectivity index (χ4n) is 3.95. The van der Waals surface area contributed by atoms with Gasteiger partial charge in [0.15, 0.2) is 17.1 Å². The van der Waals surface area contributed by atoms with E-state index in [9.17, 15) is 4.79 Å². The number of anilines is 2. The maximum Gasteiger partial charge on any atom is 0.255 e. The number of rotatable bonds is 9. The molecule has 0 saturated carbocycles. The molecule has 0 saturated heterocycles. The average molecular weight is 476 g/mol. The summed E-state index contributed by atoms with van der Waals surface area (Å²) in [6, 6.07) is 16.7. The molecule has 0 radical (unpaired) electrons. The molecule has 4 aromatic rings. The number of nitrogens with zero attached hydrogens (tertiary/aromatic N) is 2. The third kappa shape index (κ3) is 4.87. The molecular weight excluding hydrogens is 446 g/mol. The van der Waals surface area contributed by atoms with Crippen molar-refractivity contribution >= 4 is 28.4 Å². The second-order valence-corrected chi connectivity index (χ2v) is 7.79. The van der Waals surface area contributed by atoms with Crippen LogP contribution >= 0.6 is 0 Å². The zero-order valence-electron chi connectivity index (χ0n) is 20.5. The maximum absolute atomic E-state index is 12.9. The van der Waals surface area contributed by atoms with Gasteiger partial charge in [-0.25, -0.2) is 4.98 Å². The minimum absolute atomic E-state index is 0.320. The van der Waals surface area contributed by atoms with Crippen molar-refractivity contribution < 1.29 is 23.4 Å². The molecule has 182 valence electrons. The van der Waals surface area contributed by atoms with Crippen LogP contribution < -0.4 is 24.4 Å². The van der Waals surface area contributed by atoms with Crippen molar-refractivity contribution in [1.29, 1.82) is 0 Å². The highest BCUT2D eigenvalue weighted by Gasteiger charge is 2.18. The zero-order chi connectivity index (χ0) is 24.9. The number of hydrogen-bond acceptors (Lipinski definition) is 7. The van der Waals surface area contributed by atoms with E-state index in [2.05, 4.69) is 41.2 Å². The lowest BCUT2D eigenvalue weighted by Crippen LogP contribution is -2.21. The Morgan fingerprint density at radius 2 is 1.57 bits per heavy atom. The Morgan fingerprint density at radius 3 is 2.14 bits per heavy atom. The van der Waals surface area contributed by atoms with E-state index in [0.717, 1.165) is 24.3 Å². The van der Waals surface area contributed by atoms with Gasteiger partial charge < -0.3 is 28.8 Å². The summed E-state index contributed by atoms with van der Waals surface area (Å²) in [7, 11) is 4.53. The largest absolute Gasteiger partial charge is 0.493 e.